The third kappa shape index (κ3) is 3.77. The van der Waals surface area contributed by atoms with E-state index in [9.17, 15) is 4.79 Å². The van der Waals surface area contributed by atoms with Gasteiger partial charge in [-0.15, -0.1) is 0 Å². The zero-order chi connectivity index (χ0) is 19.7. The van der Waals surface area contributed by atoms with Crippen molar-refractivity contribution in [2.75, 3.05) is 32.1 Å². The number of imidazole rings is 1. The maximum Gasteiger partial charge on any atom is 0.227 e. The van der Waals surface area contributed by atoms with Crippen LogP contribution in [-0.2, 0) is 11.3 Å². The van der Waals surface area contributed by atoms with E-state index < -0.39 is 0 Å². The Bertz CT molecular complexity index is 997. The van der Waals surface area contributed by atoms with Gasteiger partial charge in [0.15, 0.2) is 0 Å². The number of benzene rings is 2. The Labute approximate surface area is 170 Å². The maximum atomic E-state index is 12.7. The predicted octanol–water partition coefficient (Wildman–Crippen LogP) is 4.16. The van der Waals surface area contributed by atoms with Crippen molar-refractivity contribution < 1.29 is 4.79 Å². The topological polar surface area (TPSA) is 41.4 Å². The van der Waals surface area contributed by atoms with E-state index in [1.54, 1.807) is 0 Å². The molecule has 6 heteroatoms. The van der Waals surface area contributed by atoms with Gasteiger partial charge in [0.05, 0.1) is 11.0 Å². The van der Waals surface area contributed by atoms with Gasteiger partial charge in [0.2, 0.25) is 5.91 Å². The van der Waals surface area contributed by atoms with Crippen LogP contribution < -0.4 is 4.90 Å². The van der Waals surface area contributed by atoms with Crippen LogP contribution >= 0.6 is 11.6 Å². The quantitative estimate of drug-likeness (QED) is 0.628. The zero-order valence-corrected chi connectivity index (χ0v) is 17.1. The highest BCUT2D eigenvalue weighted by molar-refractivity contribution is 6.30. The highest BCUT2D eigenvalue weighted by Gasteiger charge is 2.34. The van der Waals surface area contributed by atoms with Crippen molar-refractivity contribution >= 4 is 34.2 Å². The highest BCUT2D eigenvalue weighted by Crippen LogP contribution is 2.34. The summed E-state index contributed by atoms with van der Waals surface area (Å²) in [4.78, 5) is 21.7. The first-order valence-electron chi connectivity index (χ1n) is 9.69. The molecular weight excluding hydrogens is 372 g/mol. The molecule has 0 unspecified atom stereocenters. The van der Waals surface area contributed by atoms with Gasteiger partial charge < -0.3 is 14.4 Å². The molecule has 1 saturated heterocycles. The summed E-state index contributed by atoms with van der Waals surface area (Å²) in [5, 5.41) is 0.643. The fraction of sp³-hybridized carbons (Fsp3) is 0.364. The van der Waals surface area contributed by atoms with Crippen LogP contribution in [0.3, 0.4) is 0 Å². The van der Waals surface area contributed by atoms with Crippen molar-refractivity contribution in [2.45, 2.75) is 25.3 Å². The van der Waals surface area contributed by atoms with Crippen LogP contribution in [0.5, 0.6) is 0 Å². The largest absolute Gasteiger partial charge is 0.328 e. The van der Waals surface area contributed by atoms with Gasteiger partial charge in [0, 0.05) is 36.1 Å². The summed E-state index contributed by atoms with van der Waals surface area (Å²) in [6.45, 7) is 2.55. The van der Waals surface area contributed by atoms with Crippen LogP contribution in [0.1, 0.15) is 24.6 Å². The molecular formula is C22H25ClN4O. The number of para-hydroxylation sites is 2. The normalized spacial score (nSPS) is 17.2. The molecule has 1 atom stereocenters. The molecule has 5 nitrogen and oxygen atoms in total. The van der Waals surface area contributed by atoms with Gasteiger partial charge in [-0.05, 0) is 57.4 Å². The maximum absolute atomic E-state index is 12.7. The lowest BCUT2D eigenvalue weighted by Crippen LogP contribution is -2.24. The lowest BCUT2D eigenvalue weighted by atomic mass is 10.1. The molecule has 1 fully saturated rings. The van der Waals surface area contributed by atoms with Crippen molar-refractivity contribution in [3.8, 4) is 0 Å². The average Bonchev–Trinajstić information content (AvgIpc) is 3.22. The number of aryl methyl sites for hydroxylation is 1. The van der Waals surface area contributed by atoms with Crippen LogP contribution in [0.2, 0.25) is 5.02 Å². The average molecular weight is 397 g/mol. The van der Waals surface area contributed by atoms with Gasteiger partial charge in [-0.3, -0.25) is 4.79 Å². The number of aromatic nitrogens is 2. The molecule has 2 aromatic carbocycles. The van der Waals surface area contributed by atoms with Gasteiger partial charge >= 0.3 is 0 Å². The molecule has 1 aliphatic rings. The summed E-state index contributed by atoms with van der Waals surface area (Å²) < 4.78 is 2.30. The summed E-state index contributed by atoms with van der Waals surface area (Å²) in [5.41, 5.74) is 3.00. The number of carbonyl (C=O) groups excluding carboxylic acids is 1. The Morgan fingerprint density at radius 1 is 1.18 bits per heavy atom. The molecule has 28 heavy (non-hydrogen) atoms. The van der Waals surface area contributed by atoms with Crippen molar-refractivity contribution in [2.24, 2.45) is 0 Å². The first kappa shape index (κ1) is 19.0. The highest BCUT2D eigenvalue weighted by atomic mass is 35.5. The molecule has 1 aromatic heterocycles. The van der Waals surface area contributed by atoms with Gasteiger partial charge in [0.1, 0.15) is 5.82 Å². The molecule has 0 spiro atoms. The van der Waals surface area contributed by atoms with Crippen molar-refractivity contribution in [3.63, 3.8) is 0 Å². The molecule has 0 bridgehead atoms. The van der Waals surface area contributed by atoms with Gasteiger partial charge in [-0.2, -0.15) is 0 Å². The minimum atomic E-state index is 0.0817. The summed E-state index contributed by atoms with van der Waals surface area (Å²) in [5.74, 6) is 1.22. The number of fused-ring (bicyclic) bond motifs is 1. The minimum absolute atomic E-state index is 0.0817. The third-order valence-electron chi connectivity index (χ3n) is 5.28. The lowest BCUT2D eigenvalue weighted by Gasteiger charge is -2.18. The third-order valence-corrected chi connectivity index (χ3v) is 5.52. The van der Waals surface area contributed by atoms with E-state index in [0.717, 1.165) is 42.1 Å². The van der Waals surface area contributed by atoms with E-state index in [2.05, 4.69) is 29.6 Å². The SMILES string of the molecule is CN(C)CCCn1c([C@H]2CC(=O)N(c3cccc(Cl)c3)C2)nc2ccccc21. The van der Waals surface area contributed by atoms with Gasteiger partial charge in [0.25, 0.3) is 0 Å². The molecule has 2 heterocycles. The summed E-state index contributed by atoms with van der Waals surface area (Å²) in [7, 11) is 4.18. The Morgan fingerprint density at radius 2 is 2.00 bits per heavy atom. The number of nitrogens with zero attached hydrogens (tertiary/aromatic N) is 4. The Kier molecular flexibility index (Phi) is 5.38. The fourth-order valence-electron chi connectivity index (χ4n) is 3.96. The van der Waals surface area contributed by atoms with Crippen LogP contribution in [0.4, 0.5) is 5.69 Å². The second-order valence-corrected chi connectivity index (χ2v) is 8.09. The monoisotopic (exact) mass is 396 g/mol. The van der Waals surface area contributed by atoms with Crippen LogP contribution in [-0.4, -0.2) is 47.5 Å². The second kappa shape index (κ2) is 7.94. The fourth-order valence-corrected chi connectivity index (χ4v) is 4.14. The molecule has 0 saturated carbocycles. The number of amides is 1. The number of rotatable bonds is 6. The standard InChI is InChI=1S/C22H25ClN4O/c1-25(2)11-6-12-26-20-10-4-3-9-19(20)24-22(26)16-13-21(28)27(15-16)18-8-5-7-17(23)14-18/h3-5,7-10,14,16H,6,11-13,15H2,1-2H3/t16-/m0/s1. The number of carbonyl (C=O) groups is 1. The van der Waals surface area contributed by atoms with E-state index in [4.69, 9.17) is 16.6 Å². The van der Waals surface area contributed by atoms with E-state index in [1.165, 1.54) is 0 Å². The summed E-state index contributed by atoms with van der Waals surface area (Å²) in [6, 6.07) is 15.7. The lowest BCUT2D eigenvalue weighted by molar-refractivity contribution is -0.117. The first-order chi connectivity index (χ1) is 13.5. The molecule has 0 aliphatic carbocycles. The molecule has 1 amide bonds. The molecule has 1 aliphatic heterocycles. The minimum Gasteiger partial charge on any atom is -0.328 e. The molecule has 146 valence electrons. The van der Waals surface area contributed by atoms with Crippen molar-refractivity contribution in [1.29, 1.82) is 0 Å². The predicted molar refractivity (Wildman–Crippen MR) is 114 cm³/mol. The molecule has 4 rings (SSSR count). The van der Waals surface area contributed by atoms with Crippen LogP contribution in [0.15, 0.2) is 48.5 Å². The number of anilines is 1. The van der Waals surface area contributed by atoms with E-state index in [1.807, 2.05) is 47.4 Å². The van der Waals surface area contributed by atoms with Gasteiger partial charge in [-0.1, -0.05) is 29.8 Å². The van der Waals surface area contributed by atoms with Crippen molar-refractivity contribution in [3.05, 3.63) is 59.4 Å². The Morgan fingerprint density at radius 3 is 2.79 bits per heavy atom. The van der Waals surface area contributed by atoms with E-state index >= 15 is 0 Å². The molecule has 0 radical (unpaired) electrons. The summed E-state index contributed by atoms with van der Waals surface area (Å²) in [6.07, 6.45) is 1.52. The van der Waals surface area contributed by atoms with E-state index in [-0.39, 0.29) is 11.8 Å². The number of halogens is 1. The van der Waals surface area contributed by atoms with Gasteiger partial charge in [-0.25, -0.2) is 4.98 Å². The smallest absolute Gasteiger partial charge is 0.227 e. The number of hydrogen-bond donors (Lipinski definition) is 0. The first-order valence-corrected chi connectivity index (χ1v) is 10.1. The molecule has 3 aromatic rings. The zero-order valence-electron chi connectivity index (χ0n) is 16.3. The van der Waals surface area contributed by atoms with Crippen LogP contribution in [0.25, 0.3) is 11.0 Å². The Balaban J connectivity index is 1.64. The van der Waals surface area contributed by atoms with E-state index in [0.29, 0.717) is 18.0 Å². The van der Waals surface area contributed by atoms with Crippen LogP contribution in [0, 0.1) is 0 Å². The van der Waals surface area contributed by atoms with Crippen molar-refractivity contribution in [1.82, 2.24) is 14.5 Å². The molecule has 0 N–H and O–H groups in total. The second-order valence-electron chi connectivity index (χ2n) is 7.65. The number of hydrogen-bond acceptors (Lipinski definition) is 3. The Hall–Kier alpha value is -2.37. The summed E-state index contributed by atoms with van der Waals surface area (Å²) >= 11 is 6.13.